The molecule has 0 saturated carbocycles. The maximum absolute atomic E-state index is 11.3. The summed E-state index contributed by atoms with van der Waals surface area (Å²) in [7, 11) is 3.52. The molecule has 1 aromatic carbocycles. The summed E-state index contributed by atoms with van der Waals surface area (Å²) in [5, 5.41) is 0. The highest BCUT2D eigenvalue weighted by molar-refractivity contribution is 5.87. The Labute approximate surface area is 154 Å². The smallest absolute Gasteiger partial charge is 0.330 e. The van der Waals surface area contributed by atoms with Crippen LogP contribution in [0.3, 0.4) is 0 Å². The summed E-state index contributed by atoms with van der Waals surface area (Å²) in [6, 6.07) is 7.87. The van der Waals surface area contributed by atoms with Crippen LogP contribution >= 0.6 is 0 Å². The van der Waals surface area contributed by atoms with Gasteiger partial charge < -0.3 is 14.5 Å². The molecule has 0 amide bonds. The van der Waals surface area contributed by atoms with Crippen LogP contribution in [0.4, 0.5) is 5.82 Å². The topological polar surface area (TPSA) is 58.6 Å². The van der Waals surface area contributed by atoms with Crippen molar-refractivity contribution in [3.05, 3.63) is 48.3 Å². The lowest BCUT2D eigenvalue weighted by Gasteiger charge is -2.21. The van der Waals surface area contributed by atoms with Gasteiger partial charge in [0.1, 0.15) is 5.82 Å². The van der Waals surface area contributed by atoms with Crippen LogP contribution in [0.25, 0.3) is 17.3 Å². The molecule has 2 aromatic rings. The van der Waals surface area contributed by atoms with Crippen molar-refractivity contribution in [2.75, 3.05) is 45.2 Å². The van der Waals surface area contributed by atoms with Crippen molar-refractivity contribution in [3.8, 4) is 11.3 Å². The van der Waals surface area contributed by atoms with Crippen molar-refractivity contribution in [1.29, 1.82) is 0 Å². The van der Waals surface area contributed by atoms with Crippen LogP contribution in [0.5, 0.6) is 0 Å². The molecule has 0 unspecified atom stereocenters. The van der Waals surface area contributed by atoms with Gasteiger partial charge in [0.05, 0.1) is 25.2 Å². The molecule has 0 bridgehead atoms. The van der Waals surface area contributed by atoms with Crippen molar-refractivity contribution in [1.82, 2.24) is 14.9 Å². The highest BCUT2D eigenvalue weighted by Crippen LogP contribution is 2.21. The second-order valence-electron chi connectivity index (χ2n) is 6.39. The number of carbonyl (C=O) groups is 1. The largest absolute Gasteiger partial charge is 0.466 e. The van der Waals surface area contributed by atoms with Gasteiger partial charge in [0.15, 0.2) is 0 Å². The first-order valence-electron chi connectivity index (χ1n) is 8.78. The standard InChI is InChI=1S/C20H24N4O2/c1-23-9-4-10-24(12-11-23)19-15-21-14-18(22-19)17-6-3-5-16(13-17)7-8-20(25)26-2/h3,5-8,13-15H,4,9-12H2,1-2H3/b8-7+. The van der Waals surface area contributed by atoms with Crippen LogP contribution < -0.4 is 4.90 Å². The molecule has 1 aliphatic rings. The molecular weight excluding hydrogens is 328 g/mol. The van der Waals surface area contributed by atoms with Gasteiger partial charge in [-0.15, -0.1) is 0 Å². The maximum Gasteiger partial charge on any atom is 0.330 e. The van der Waals surface area contributed by atoms with Crippen LogP contribution in [-0.4, -0.2) is 61.2 Å². The van der Waals surface area contributed by atoms with Gasteiger partial charge in [-0.2, -0.15) is 0 Å². The molecule has 3 rings (SSSR count). The zero-order valence-corrected chi connectivity index (χ0v) is 15.3. The van der Waals surface area contributed by atoms with Crippen molar-refractivity contribution < 1.29 is 9.53 Å². The number of ether oxygens (including phenoxy) is 1. The molecule has 6 nitrogen and oxygen atoms in total. The van der Waals surface area contributed by atoms with Gasteiger partial charge in [-0.25, -0.2) is 9.78 Å². The predicted octanol–water partition coefficient (Wildman–Crippen LogP) is 2.47. The first-order valence-corrected chi connectivity index (χ1v) is 8.78. The van der Waals surface area contributed by atoms with Crippen LogP contribution in [0, 0.1) is 0 Å². The molecule has 0 aliphatic carbocycles. The summed E-state index contributed by atoms with van der Waals surface area (Å²) in [5.41, 5.74) is 2.71. The van der Waals surface area contributed by atoms with Crippen molar-refractivity contribution in [2.24, 2.45) is 0 Å². The van der Waals surface area contributed by atoms with Gasteiger partial charge in [0.2, 0.25) is 0 Å². The minimum Gasteiger partial charge on any atom is -0.466 e. The Morgan fingerprint density at radius 3 is 2.92 bits per heavy atom. The van der Waals surface area contributed by atoms with E-state index in [2.05, 4.69) is 26.6 Å². The van der Waals surface area contributed by atoms with Crippen molar-refractivity contribution in [3.63, 3.8) is 0 Å². The van der Waals surface area contributed by atoms with Crippen LogP contribution in [-0.2, 0) is 9.53 Å². The Morgan fingerprint density at radius 1 is 1.19 bits per heavy atom. The molecule has 0 spiro atoms. The number of methoxy groups -OCH3 is 1. The SMILES string of the molecule is COC(=O)/C=C/c1cccc(-c2cncc(N3CCCN(C)CC3)n2)c1. The van der Waals surface area contributed by atoms with E-state index in [0.29, 0.717) is 0 Å². The molecule has 1 saturated heterocycles. The lowest BCUT2D eigenvalue weighted by atomic mass is 10.1. The Balaban J connectivity index is 1.81. The Hall–Kier alpha value is -2.73. The van der Waals surface area contributed by atoms with E-state index < -0.39 is 0 Å². The molecule has 0 N–H and O–H groups in total. The molecular formula is C20H24N4O2. The van der Waals surface area contributed by atoms with Gasteiger partial charge in [-0.3, -0.25) is 4.98 Å². The quantitative estimate of drug-likeness (QED) is 0.622. The molecule has 1 fully saturated rings. The van der Waals surface area contributed by atoms with Gasteiger partial charge in [-0.1, -0.05) is 18.2 Å². The summed E-state index contributed by atoms with van der Waals surface area (Å²) in [6.45, 7) is 4.08. The second-order valence-corrected chi connectivity index (χ2v) is 6.39. The number of nitrogens with zero attached hydrogens (tertiary/aromatic N) is 4. The number of likely N-dealkylation sites (N-methyl/N-ethyl adjacent to an activating group) is 1. The van der Waals surface area contributed by atoms with E-state index in [0.717, 1.165) is 55.2 Å². The minimum absolute atomic E-state index is 0.372. The summed E-state index contributed by atoms with van der Waals surface area (Å²) < 4.78 is 4.63. The second kappa shape index (κ2) is 8.58. The average molecular weight is 352 g/mol. The average Bonchev–Trinajstić information content (AvgIpc) is 2.91. The van der Waals surface area contributed by atoms with E-state index in [4.69, 9.17) is 4.98 Å². The van der Waals surface area contributed by atoms with E-state index >= 15 is 0 Å². The third-order valence-electron chi connectivity index (χ3n) is 4.46. The van der Waals surface area contributed by atoms with Crippen molar-refractivity contribution >= 4 is 17.9 Å². The minimum atomic E-state index is -0.372. The normalized spacial score (nSPS) is 15.8. The number of hydrogen-bond donors (Lipinski definition) is 0. The monoisotopic (exact) mass is 352 g/mol. The van der Waals surface area contributed by atoms with E-state index in [-0.39, 0.29) is 5.97 Å². The number of hydrogen-bond acceptors (Lipinski definition) is 6. The molecule has 26 heavy (non-hydrogen) atoms. The van der Waals surface area contributed by atoms with E-state index in [1.54, 1.807) is 12.3 Å². The number of anilines is 1. The van der Waals surface area contributed by atoms with Crippen LogP contribution in [0.1, 0.15) is 12.0 Å². The van der Waals surface area contributed by atoms with E-state index in [1.165, 1.54) is 13.2 Å². The van der Waals surface area contributed by atoms with Gasteiger partial charge in [0, 0.05) is 31.3 Å². The molecule has 136 valence electrons. The zero-order chi connectivity index (χ0) is 18.4. The lowest BCUT2D eigenvalue weighted by molar-refractivity contribution is -0.134. The third-order valence-corrected chi connectivity index (χ3v) is 4.46. The molecule has 0 atom stereocenters. The number of rotatable bonds is 4. The number of esters is 1. The highest BCUT2D eigenvalue weighted by atomic mass is 16.5. The lowest BCUT2D eigenvalue weighted by Crippen LogP contribution is -2.29. The predicted molar refractivity (Wildman–Crippen MR) is 103 cm³/mol. The summed E-state index contributed by atoms with van der Waals surface area (Å²) >= 11 is 0. The van der Waals surface area contributed by atoms with E-state index in [9.17, 15) is 4.79 Å². The highest BCUT2D eigenvalue weighted by Gasteiger charge is 2.14. The molecule has 6 heteroatoms. The van der Waals surface area contributed by atoms with Crippen LogP contribution in [0.2, 0.25) is 0 Å². The first kappa shape index (κ1) is 18.1. The molecule has 2 heterocycles. The zero-order valence-electron chi connectivity index (χ0n) is 15.3. The summed E-state index contributed by atoms with van der Waals surface area (Å²) in [6.07, 6.45) is 7.87. The Morgan fingerprint density at radius 2 is 2.08 bits per heavy atom. The number of benzene rings is 1. The number of aromatic nitrogens is 2. The fraction of sp³-hybridized carbons (Fsp3) is 0.350. The molecule has 0 radical (unpaired) electrons. The first-order chi connectivity index (χ1) is 12.7. The Bertz CT molecular complexity index is 791. The van der Waals surface area contributed by atoms with Gasteiger partial charge in [-0.05, 0) is 37.7 Å². The summed E-state index contributed by atoms with van der Waals surface area (Å²) in [4.78, 5) is 25.1. The fourth-order valence-electron chi connectivity index (χ4n) is 2.96. The summed E-state index contributed by atoms with van der Waals surface area (Å²) in [5.74, 6) is 0.539. The molecule has 1 aromatic heterocycles. The fourth-order valence-corrected chi connectivity index (χ4v) is 2.96. The van der Waals surface area contributed by atoms with E-state index in [1.807, 2.05) is 30.5 Å². The number of carbonyl (C=O) groups excluding carboxylic acids is 1. The molecule has 1 aliphatic heterocycles. The van der Waals surface area contributed by atoms with Crippen LogP contribution in [0.15, 0.2) is 42.7 Å². The Kier molecular flexibility index (Phi) is 5.96. The van der Waals surface area contributed by atoms with Crippen molar-refractivity contribution in [2.45, 2.75) is 6.42 Å². The van der Waals surface area contributed by atoms with Gasteiger partial charge >= 0.3 is 5.97 Å². The third kappa shape index (κ3) is 4.67. The maximum atomic E-state index is 11.3. The van der Waals surface area contributed by atoms with Gasteiger partial charge in [0.25, 0.3) is 0 Å².